The number of rotatable bonds is 6. The molecule has 0 aliphatic heterocycles. The fourth-order valence-electron chi connectivity index (χ4n) is 1.56. The minimum Gasteiger partial charge on any atom is -0.384 e. The van der Waals surface area contributed by atoms with Crippen LogP contribution >= 0.6 is 11.8 Å². The molecule has 2 rings (SSSR count). The van der Waals surface area contributed by atoms with E-state index in [1.807, 2.05) is 13.8 Å². The van der Waals surface area contributed by atoms with Crippen molar-refractivity contribution in [3.63, 3.8) is 0 Å². The van der Waals surface area contributed by atoms with Gasteiger partial charge in [0.2, 0.25) is 0 Å². The maximum atomic E-state index is 11.5. The van der Waals surface area contributed by atoms with Crippen LogP contribution in [0.25, 0.3) is 0 Å². The molecule has 0 spiro atoms. The first kappa shape index (κ1) is 14.5. The average Bonchev–Trinajstić information content (AvgIpc) is 2.76. The topological polar surface area (TPSA) is 112 Å². The molecular weight excluding hydrogens is 280 g/mol. The van der Waals surface area contributed by atoms with E-state index in [2.05, 4.69) is 20.2 Å². The summed E-state index contributed by atoms with van der Waals surface area (Å²) in [6.45, 7) is 5.18. The Bertz CT molecular complexity index is 638. The summed E-state index contributed by atoms with van der Waals surface area (Å²) in [7, 11) is 0. The standard InChI is InChI=1S/C11H16N6O2S/c1-3-17-10(18)15-16-11(17)20-9-5-7(12)13-8(14-9)6-19-4-2/h5H,3-4,6H2,1-2H3,(H,15,18)(H2,12,13,14). The second-order valence-corrected chi connectivity index (χ2v) is 4.83. The first-order valence-corrected chi connectivity index (χ1v) is 7.00. The van der Waals surface area contributed by atoms with E-state index in [-0.39, 0.29) is 5.69 Å². The molecule has 0 saturated heterocycles. The number of hydrogen-bond donors (Lipinski definition) is 2. The number of aromatic nitrogens is 5. The van der Waals surface area contributed by atoms with E-state index in [0.29, 0.717) is 41.6 Å². The molecule has 2 heterocycles. The molecule has 0 bridgehead atoms. The second kappa shape index (κ2) is 6.53. The summed E-state index contributed by atoms with van der Waals surface area (Å²) >= 11 is 1.26. The maximum absolute atomic E-state index is 11.5. The van der Waals surface area contributed by atoms with Crippen molar-refractivity contribution in [3.8, 4) is 0 Å². The molecule has 0 saturated carbocycles. The molecule has 20 heavy (non-hydrogen) atoms. The van der Waals surface area contributed by atoms with Crippen molar-refractivity contribution in [3.05, 3.63) is 22.4 Å². The van der Waals surface area contributed by atoms with Crippen molar-refractivity contribution in [2.75, 3.05) is 12.3 Å². The molecular formula is C11H16N6O2S. The van der Waals surface area contributed by atoms with Gasteiger partial charge >= 0.3 is 5.69 Å². The van der Waals surface area contributed by atoms with E-state index >= 15 is 0 Å². The Labute approximate surface area is 119 Å². The number of ether oxygens (including phenoxy) is 1. The smallest absolute Gasteiger partial charge is 0.343 e. The van der Waals surface area contributed by atoms with E-state index in [1.54, 1.807) is 6.07 Å². The molecule has 2 aromatic heterocycles. The van der Waals surface area contributed by atoms with Gasteiger partial charge in [0.15, 0.2) is 11.0 Å². The van der Waals surface area contributed by atoms with Crippen LogP contribution in [0.1, 0.15) is 19.7 Å². The number of H-pyrrole nitrogens is 1. The molecule has 0 aromatic carbocycles. The summed E-state index contributed by atoms with van der Waals surface area (Å²) < 4.78 is 6.78. The molecule has 0 amide bonds. The van der Waals surface area contributed by atoms with Gasteiger partial charge in [-0.1, -0.05) is 0 Å². The summed E-state index contributed by atoms with van der Waals surface area (Å²) in [5.41, 5.74) is 5.50. The molecule has 0 aliphatic rings. The van der Waals surface area contributed by atoms with E-state index in [0.717, 1.165) is 0 Å². The predicted octanol–water partition coefficient (Wildman–Crippen LogP) is 0.651. The third-order valence-electron chi connectivity index (χ3n) is 2.44. The summed E-state index contributed by atoms with van der Waals surface area (Å²) in [5.74, 6) is 0.869. The van der Waals surface area contributed by atoms with Gasteiger partial charge in [-0.2, -0.15) is 0 Å². The van der Waals surface area contributed by atoms with Gasteiger partial charge in [-0.25, -0.2) is 19.9 Å². The minimum absolute atomic E-state index is 0.244. The van der Waals surface area contributed by atoms with E-state index in [1.165, 1.54) is 16.3 Å². The number of nitrogen functional groups attached to an aromatic ring is 1. The van der Waals surface area contributed by atoms with Crippen LogP contribution < -0.4 is 11.4 Å². The van der Waals surface area contributed by atoms with Gasteiger partial charge in [0.05, 0.1) is 0 Å². The van der Waals surface area contributed by atoms with E-state index < -0.39 is 0 Å². The van der Waals surface area contributed by atoms with Gasteiger partial charge in [0, 0.05) is 19.2 Å². The molecule has 0 radical (unpaired) electrons. The Balaban J connectivity index is 2.24. The molecule has 108 valence electrons. The molecule has 3 N–H and O–H groups in total. The van der Waals surface area contributed by atoms with Crippen LogP contribution in [0.15, 0.2) is 21.0 Å². The van der Waals surface area contributed by atoms with Crippen molar-refractivity contribution < 1.29 is 4.74 Å². The van der Waals surface area contributed by atoms with Gasteiger partial charge < -0.3 is 10.5 Å². The van der Waals surface area contributed by atoms with Crippen molar-refractivity contribution in [1.82, 2.24) is 24.7 Å². The Kier molecular flexibility index (Phi) is 4.74. The highest BCUT2D eigenvalue weighted by Gasteiger charge is 2.11. The van der Waals surface area contributed by atoms with Crippen molar-refractivity contribution in [2.45, 2.75) is 37.2 Å². The number of hydrogen-bond acceptors (Lipinski definition) is 7. The van der Waals surface area contributed by atoms with Crippen molar-refractivity contribution >= 4 is 17.6 Å². The third-order valence-corrected chi connectivity index (χ3v) is 3.35. The predicted molar refractivity (Wildman–Crippen MR) is 74.4 cm³/mol. The number of nitrogens with one attached hydrogen (secondary N) is 1. The van der Waals surface area contributed by atoms with E-state index in [9.17, 15) is 4.79 Å². The highest BCUT2D eigenvalue weighted by atomic mass is 32.2. The van der Waals surface area contributed by atoms with Gasteiger partial charge in [-0.15, -0.1) is 5.10 Å². The van der Waals surface area contributed by atoms with Gasteiger partial charge in [0.1, 0.15) is 17.5 Å². The molecule has 0 unspecified atom stereocenters. The van der Waals surface area contributed by atoms with Gasteiger partial charge in [0.25, 0.3) is 0 Å². The first-order valence-electron chi connectivity index (χ1n) is 6.18. The molecule has 0 atom stereocenters. The van der Waals surface area contributed by atoms with Crippen LogP contribution in [0.3, 0.4) is 0 Å². The number of nitrogens with zero attached hydrogens (tertiary/aromatic N) is 4. The lowest BCUT2D eigenvalue weighted by molar-refractivity contribution is 0.128. The van der Waals surface area contributed by atoms with Crippen LogP contribution in [0.5, 0.6) is 0 Å². The Hall–Kier alpha value is -1.87. The molecule has 2 aromatic rings. The molecule has 9 heteroatoms. The van der Waals surface area contributed by atoms with Crippen LogP contribution in [-0.4, -0.2) is 31.3 Å². The van der Waals surface area contributed by atoms with Crippen molar-refractivity contribution in [1.29, 1.82) is 0 Å². The summed E-state index contributed by atoms with van der Waals surface area (Å²) in [5, 5.41) is 7.53. The Morgan fingerprint density at radius 2 is 2.25 bits per heavy atom. The summed E-state index contributed by atoms with van der Waals surface area (Å²) in [4.78, 5) is 19.9. The lowest BCUT2D eigenvalue weighted by atomic mass is 10.5. The fraction of sp³-hybridized carbons (Fsp3) is 0.455. The van der Waals surface area contributed by atoms with Gasteiger partial charge in [-0.3, -0.25) is 4.57 Å². The average molecular weight is 296 g/mol. The zero-order valence-corrected chi connectivity index (χ0v) is 12.1. The third kappa shape index (κ3) is 3.36. The van der Waals surface area contributed by atoms with Gasteiger partial charge in [-0.05, 0) is 25.6 Å². The quantitative estimate of drug-likeness (QED) is 0.753. The highest BCUT2D eigenvalue weighted by molar-refractivity contribution is 7.99. The highest BCUT2D eigenvalue weighted by Crippen LogP contribution is 2.24. The Morgan fingerprint density at radius 1 is 1.45 bits per heavy atom. The molecule has 0 fully saturated rings. The summed E-state index contributed by atoms with van der Waals surface area (Å²) in [6.07, 6.45) is 0. The SMILES string of the molecule is CCOCc1nc(N)cc(Sc2n[nH]c(=O)n2CC)n1. The minimum atomic E-state index is -0.244. The molecule has 0 aliphatic carbocycles. The fourth-order valence-corrected chi connectivity index (χ4v) is 2.49. The van der Waals surface area contributed by atoms with Crippen LogP contribution in [0.4, 0.5) is 5.82 Å². The maximum Gasteiger partial charge on any atom is 0.343 e. The number of aromatic amines is 1. The monoisotopic (exact) mass is 296 g/mol. The van der Waals surface area contributed by atoms with E-state index in [4.69, 9.17) is 10.5 Å². The zero-order valence-electron chi connectivity index (χ0n) is 11.3. The Morgan fingerprint density at radius 3 is 2.95 bits per heavy atom. The molecule has 8 nitrogen and oxygen atoms in total. The van der Waals surface area contributed by atoms with Crippen LogP contribution in [0, 0.1) is 0 Å². The number of anilines is 1. The van der Waals surface area contributed by atoms with Crippen molar-refractivity contribution in [2.24, 2.45) is 0 Å². The van der Waals surface area contributed by atoms with Crippen LogP contribution in [-0.2, 0) is 17.9 Å². The largest absolute Gasteiger partial charge is 0.384 e. The lowest BCUT2D eigenvalue weighted by Gasteiger charge is -2.05. The second-order valence-electron chi connectivity index (χ2n) is 3.84. The lowest BCUT2D eigenvalue weighted by Crippen LogP contribution is -2.16. The first-order chi connectivity index (χ1) is 9.63. The zero-order chi connectivity index (χ0) is 14.5. The van der Waals surface area contributed by atoms with Crippen LogP contribution in [0.2, 0.25) is 0 Å². The number of nitrogens with two attached hydrogens (primary N) is 1. The summed E-state index contributed by atoms with van der Waals surface area (Å²) in [6, 6.07) is 1.64. The normalized spacial score (nSPS) is 10.9.